The third kappa shape index (κ3) is 2.73. The van der Waals surface area contributed by atoms with Crippen LogP contribution in [0.3, 0.4) is 0 Å². The van der Waals surface area contributed by atoms with E-state index in [0.717, 1.165) is 5.56 Å². The Balaban J connectivity index is 1.87. The van der Waals surface area contributed by atoms with Gasteiger partial charge in [0, 0.05) is 23.5 Å². The van der Waals surface area contributed by atoms with Gasteiger partial charge in [0.05, 0.1) is 0 Å². The fourth-order valence-electron chi connectivity index (χ4n) is 2.91. The maximum atomic E-state index is 11.6. The molecule has 0 amide bonds. The number of aliphatic hydroxyl groups is 1. The Morgan fingerprint density at radius 2 is 1.36 bits per heavy atom. The summed E-state index contributed by atoms with van der Waals surface area (Å²) >= 11 is 0. The first kappa shape index (κ1) is 15.3. The van der Waals surface area contributed by atoms with Gasteiger partial charge in [-0.15, -0.1) is 0 Å². The minimum Gasteiger partial charge on any atom is -0.457 e. The highest BCUT2D eigenvalue weighted by molar-refractivity contribution is 5.58. The van der Waals surface area contributed by atoms with E-state index in [0.29, 0.717) is 22.6 Å². The first-order chi connectivity index (χ1) is 12.3. The molecule has 2 aromatic heterocycles. The highest BCUT2D eigenvalue weighted by atomic mass is 16.4. The minimum atomic E-state index is -1.46. The molecular weight excluding hydrogens is 312 g/mol. The van der Waals surface area contributed by atoms with Gasteiger partial charge in [0.25, 0.3) is 0 Å². The molecule has 122 valence electrons. The number of hydrogen-bond donors (Lipinski definition) is 1. The summed E-state index contributed by atoms with van der Waals surface area (Å²) < 4.78 is 6.04. The van der Waals surface area contributed by atoms with Gasteiger partial charge in [-0.3, -0.25) is 0 Å². The smallest absolute Gasteiger partial charge is 0.176 e. The van der Waals surface area contributed by atoms with E-state index in [9.17, 15) is 5.11 Å². The Kier molecular flexibility index (Phi) is 3.88. The van der Waals surface area contributed by atoms with E-state index in [-0.39, 0.29) is 0 Å². The molecule has 4 rings (SSSR count). The fourth-order valence-corrected chi connectivity index (χ4v) is 2.91. The van der Waals surface area contributed by atoms with Gasteiger partial charge >= 0.3 is 0 Å². The monoisotopic (exact) mass is 328 g/mol. The Labute approximate surface area is 145 Å². The fraction of sp³-hybridized carbons (Fsp3) is 0.0476. The van der Waals surface area contributed by atoms with Crippen molar-refractivity contribution in [3.63, 3.8) is 0 Å². The maximum Gasteiger partial charge on any atom is 0.176 e. The molecule has 0 aliphatic rings. The lowest BCUT2D eigenvalue weighted by Gasteiger charge is -2.26. The predicted molar refractivity (Wildman–Crippen MR) is 94.7 cm³/mol. The molecule has 0 saturated heterocycles. The summed E-state index contributed by atoms with van der Waals surface area (Å²) in [6.45, 7) is 0. The first-order valence-corrected chi connectivity index (χ1v) is 7.97. The molecule has 4 heteroatoms. The van der Waals surface area contributed by atoms with Crippen LogP contribution < -0.4 is 0 Å². The van der Waals surface area contributed by atoms with Gasteiger partial charge in [-0.25, -0.2) is 9.97 Å². The summed E-state index contributed by atoms with van der Waals surface area (Å²) in [6.07, 6.45) is 4.64. The summed E-state index contributed by atoms with van der Waals surface area (Å²) in [4.78, 5) is 8.11. The first-order valence-electron chi connectivity index (χ1n) is 7.97. The molecule has 2 heterocycles. The second-order valence-corrected chi connectivity index (χ2v) is 5.73. The lowest BCUT2D eigenvalue weighted by molar-refractivity contribution is 0.0990. The van der Waals surface area contributed by atoms with Crippen molar-refractivity contribution in [3.8, 4) is 11.3 Å². The molecule has 1 N–H and O–H groups in total. The summed E-state index contributed by atoms with van der Waals surface area (Å²) in [7, 11) is 0. The minimum absolute atomic E-state index is 0.423. The molecule has 4 nitrogen and oxygen atoms in total. The number of rotatable bonds is 4. The van der Waals surface area contributed by atoms with Crippen molar-refractivity contribution in [2.75, 3.05) is 0 Å². The Hall–Kier alpha value is -3.24. The van der Waals surface area contributed by atoms with Crippen LogP contribution in [0, 0.1) is 0 Å². The number of aromatic nitrogens is 2. The van der Waals surface area contributed by atoms with Gasteiger partial charge in [0.2, 0.25) is 0 Å². The second-order valence-electron chi connectivity index (χ2n) is 5.73. The van der Waals surface area contributed by atoms with Crippen LogP contribution in [0.1, 0.15) is 16.9 Å². The molecule has 4 aromatic rings. The van der Waals surface area contributed by atoms with Gasteiger partial charge < -0.3 is 9.52 Å². The third-order valence-corrected chi connectivity index (χ3v) is 4.19. The summed E-state index contributed by atoms with van der Waals surface area (Å²) in [5.41, 5.74) is 0.734. The molecule has 1 unspecified atom stereocenters. The van der Waals surface area contributed by atoms with Crippen molar-refractivity contribution >= 4 is 0 Å². The zero-order valence-electron chi connectivity index (χ0n) is 13.4. The lowest BCUT2D eigenvalue weighted by atomic mass is 9.86. The van der Waals surface area contributed by atoms with Gasteiger partial charge in [0.15, 0.2) is 5.60 Å². The van der Waals surface area contributed by atoms with Crippen LogP contribution in [0.5, 0.6) is 0 Å². The second kappa shape index (κ2) is 6.34. The van der Waals surface area contributed by atoms with Gasteiger partial charge in [-0.1, -0.05) is 60.7 Å². The van der Waals surface area contributed by atoms with Crippen molar-refractivity contribution in [3.05, 3.63) is 108 Å². The molecule has 0 bridgehead atoms. The normalized spacial score (nSPS) is 13.3. The Morgan fingerprint density at radius 3 is 2.04 bits per heavy atom. The van der Waals surface area contributed by atoms with Crippen LogP contribution in [0.4, 0.5) is 0 Å². The highest BCUT2D eigenvalue weighted by Gasteiger charge is 2.37. The number of hydrogen-bond acceptors (Lipinski definition) is 4. The largest absolute Gasteiger partial charge is 0.457 e. The van der Waals surface area contributed by atoms with Crippen molar-refractivity contribution < 1.29 is 9.52 Å². The topological polar surface area (TPSA) is 59.2 Å². The zero-order chi connectivity index (χ0) is 17.1. The average molecular weight is 328 g/mol. The van der Waals surface area contributed by atoms with E-state index in [2.05, 4.69) is 9.97 Å². The molecule has 25 heavy (non-hydrogen) atoms. The maximum absolute atomic E-state index is 11.6. The summed E-state index contributed by atoms with van der Waals surface area (Å²) in [5.74, 6) is 1.12. The van der Waals surface area contributed by atoms with Crippen molar-refractivity contribution in [1.29, 1.82) is 0 Å². The van der Waals surface area contributed by atoms with Gasteiger partial charge in [-0.05, 0) is 17.7 Å². The predicted octanol–water partition coefficient (Wildman–Crippen LogP) is 4.02. The van der Waals surface area contributed by atoms with E-state index in [1.54, 1.807) is 18.5 Å². The van der Waals surface area contributed by atoms with Crippen LogP contribution in [0.2, 0.25) is 0 Å². The molecule has 0 spiro atoms. The molecule has 0 fully saturated rings. The molecule has 0 aliphatic carbocycles. The van der Waals surface area contributed by atoms with Crippen molar-refractivity contribution in [2.24, 2.45) is 0 Å². The van der Waals surface area contributed by atoms with Crippen molar-refractivity contribution in [1.82, 2.24) is 9.97 Å². The van der Waals surface area contributed by atoms with Crippen LogP contribution in [-0.2, 0) is 5.60 Å². The molecule has 1 atom stereocenters. The average Bonchev–Trinajstić information content (AvgIpc) is 3.20. The van der Waals surface area contributed by atoms with E-state index in [1.165, 1.54) is 6.33 Å². The SMILES string of the molecule is OC(c1ccccc1)(c1cncnc1)c1ccc(-c2ccccc2)o1. The molecular formula is C21H16N2O2. The van der Waals surface area contributed by atoms with E-state index in [1.807, 2.05) is 66.7 Å². The van der Waals surface area contributed by atoms with E-state index < -0.39 is 5.60 Å². The summed E-state index contributed by atoms with van der Waals surface area (Å²) in [5, 5.41) is 11.6. The molecule has 2 aromatic carbocycles. The number of benzene rings is 2. The Bertz CT molecular complexity index is 911. The number of furan rings is 1. The standard InChI is InChI=1S/C21H16N2O2/c24-21(17-9-5-2-6-10-17,18-13-22-15-23-14-18)20-12-11-19(25-20)16-7-3-1-4-8-16/h1-15,24H. The Morgan fingerprint density at radius 1 is 0.720 bits per heavy atom. The molecule has 0 saturated carbocycles. The van der Waals surface area contributed by atoms with Crippen LogP contribution >= 0.6 is 0 Å². The molecule has 0 radical (unpaired) electrons. The van der Waals surface area contributed by atoms with Crippen molar-refractivity contribution in [2.45, 2.75) is 5.60 Å². The highest BCUT2D eigenvalue weighted by Crippen LogP contribution is 2.38. The lowest BCUT2D eigenvalue weighted by Crippen LogP contribution is -2.28. The zero-order valence-corrected chi connectivity index (χ0v) is 13.4. The van der Waals surface area contributed by atoms with Crippen LogP contribution in [-0.4, -0.2) is 15.1 Å². The van der Waals surface area contributed by atoms with E-state index >= 15 is 0 Å². The number of nitrogens with zero attached hydrogens (tertiary/aromatic N) is 2. The quantitative estimate of drug-likeness (QED) is 0.615. The third-order valence-electron chi connectivity index (χ3n) is 4.19. The van der Waals surface area contributed by atoms with Gasteiger partial charge in [0.1, 0.15) is 17.8 Å². The summed E-state index contributed by atoms with van der Waals surface area (Å²) in [6, 6.07) is 22.8. The van der Waals surface area contributed by atoms with Crippen LogP contribution in [0.25, 0.3) is 11.3 Å². The van der Waals surface area contributed by atoms with Gasteiger partial charge in [-0.2, -0.15) is 0 Å². The van der Waals surface area contributed by atoms with E-state index in [4.69, 9.17) is 4.42 Å². The molecule has 0 aliphatic heterocycles. The van der Waals surface area contributed by atoms with Crippen LogP contribution in [0.15, 0.2) is 95.9 Å².